The molecule has 0 aliphatic rings. The first-order chi connectivity index (χ1) is 70.9. The molecule has 0 fully saturated rings. The highest BCUT2D eigenvalue weighted by Gasteiger charge is 1.91. The number of hydrogen-bond acceptors (Lipinski definition) is 47. The zero-order valence-corrected chi connectivity index (χ0v) is 78.5. The maximum absolute atomic E-state index is 5.12. The number of imidazole rings is 1. The van der Waals surface area contributed by atoms with Crippen molar-refractivity contribution >= 4 is 88.7 Å². The highest BCUT2D eigenvalue weighted by molar-refractivity contribution is 7.17. The number of aromatic nitrogens is 37. The third kappa shape index (κ3) is 79.7. The van der Waals surface area contributed by atoms with Gasteiger partial charge in [-0.1, -0.05) is 146 Å². The van der Waals surface area contributed by atoms with Crippen LogP contribution in [-0.2, 0) is 0 Å². The van der Waals surface area contributed by atoms with Crippen LogP contribution >= 0.6 is 56.9 Å². The van der Waals surface area contributed by atoms with Gasteiger partial charge in [0.25, 0.3) is 0 Å². The molecule has 0 saturated heterocycles. The molecule has 0 bridgehead atoms. The molecule has 28 rings (SSSR count). The fourth-order valence-electron chi connectivity index (χ4n) is 7.14. The lowest BCUT2D eigenvalue weighted by molar-refractivity contribution is 0.292. The summed E-state index contributed by atoms with van der Waals surface area (Å²) in [6.45, 7) is 0. The van der Waals surface area contributed by atoms with Gasteiger partial charge >= 0.3 is 0 Å². The first-order valence-electron chi connectivity index (χ1n) is 39.7. The third-order valence-corrected chi connectivity index (χ3v) is 15.5. The maximum Gasteiger partial charge on any atom is 0.235 e. The van der Waals surface area contributed by atoms with Gasteiger partial charge in [-0.25, -0.2) is 43.5 Å². The summed E-state index contributed by atoms with van der Waals surface area (Å²) in [5, 5.41) is 89.3. The molecule has 0 spiro atoms. The van der Waals surface area contributed by atoms with Crippen LogP contribution in [-0.4, -0.2) is 187 Å². The van der Waals surface area contributed by atoms with Gasteiger partial charge in [0.1, 0.15) is 54.4 Å². The molecular formula is C90H89N37O10S5. The number of fused-ring (bicyclic) bond motifs is 3. The van der Waals surface area contributed by atoms with Crippen LogP contribution in [0, 0.1) is 0 Å². The van der Waals surface area contributed by atoms with Crippen LogP contribution in [0.2, 0.25) is 0 Å². The van der Waals surface area contributed by atoms with E-state index in [1.165, 1.54) is 138 Å². The summed E-state index contributed by atoms with van der Waals surface area (Å²) in [4.78, 5) is 45.0. The van der Waals surface area contributed by atoms with Gasteiger partial charge in [0.2, 0.25) is 25.6 Å². The summed E-state index contributed by atoms with van der Waals surface area (Å²) in [7, 11) is 0. The molecule has 47 nitrogen and oxygen atoms in total. The average Bonchev–Trinajstić information content (AvgIpc) is 1.74. The number of pyridine rings is 1. The minimum atomic E-state index is 0.956. The number of nitrogens with zero attached hydrogens (tertiary/aromatic N) is 32. The van der Waals surface area contributed by atoms with Gasteiger partial charge in [0.05, 0.1) is 84.5 Å². The number of nitrogens with one attached hydrogen (secondary N) is 5. The molecule has 142 heavy (non-hydrogen) atoms. The summed E-state index contributed by atoms with van der Waals surface area (Å²) in [6.07, 6.45) is 66.5. The van der Waals surface area contributed by atoms with Crippen LogP contribution in [0.3, 0.4) is 0 Å². The Kier molecular flexibility index (Phi) is 78.1. The van der Waals surface area contributed by atoms with Gasteiger partial charge in [0.15, 0.2) is 19.0 Å². The molecule has 52 heteroatoms. The van der Waals surface area contributed by atoms with Gasteiger partial charge in [-0.05, 0) is 145 Å². The number of hydrogen-bond donors (Lipinski definition) is 5. The SMILES string of the molecule is c1c[nH]cn1.c1cc[nH]c1.c1ccc2c[nH]cc2c1.c1ccc2occc2c1.c1ccc2sccc2c1.c1ccccc1.c1ccncc1.c1ccnnc1.c1ccoc1.c1ccsc1.c1cn[nH]c1.c1cn[nH]n1.c1cnccn1.c1cnoc1.c1cnon1.c1cnsc1.c1cocn1.c1conn1.c1cscn1.c1ncncn1.c1ncon1.c1nnco1.c1nncs1.c1nnno1.c1nnon1. The molecule has 0 radical (unpaired) electrons. The van der Waals surface area contributed by atoms with Crippen molar-refractivity contribution < 1.29 is 45.0 Å². The van der Waals surface area contributed by atoms with Gasteiger partial charge in [-0.2, -0.15) is 42.0 Å². The van der Waals surface area contributed by atoms with Crippen LogP contribution in [0.5, 0.6) is 0 Å². The molecule has 0 amide bonds. The molecule has 0 atom stereocenters. The predicted molar refractivity (Wildman–Crippen MR) is 527 cm³/mol. The fourth-order valence-corrected chi connectivity index (χ4v) is 9.36. The quantitative estimate of drug-likeness (QED) is 0.0941. The second-order valence-electron chi connectivity index (χ2n) is 22.1. The normalized spacial score (nSPS) is 8.42. The molecule has 24 heterocycles. The van der Waals surface area contributed by atoms with E-state index in [1.807, 2.05) is 204 Å². The molecule has 724 valence electrons. The van der Waals surface area contributed by atoms with Crippen LogP contribution in [0.15, 0.2) is 557 Å². The van der Waals surface area contributed by atoms with Crippen molar-refractivity contribution in [2.75, 3.05) is 0 Å². The van der Waals surface area contributed by atoms with Crippen molar-refractivity contribution in [3.63, 3.8) is 0 Å². The Balaban J connectivity index is 0.000000309. The van der Waals surface area contributed by atoms with Crippen molar-refractivity contribution in [3.8, 4) is 0 Å². The van der Waals surface area contributed by atoms with E-state index < -0.39 is 0 Å². The molecule has 28 aromatic rings. The van der Waals surface area contributed by atoms with E-state index in [1.54, 1.807) is 193 Å². The Hall–Kier alpha value is -20.0. The molecule has 0 aliphatic carbocycles. The molecule has 4 aromatic carbocycles. The number of H-pyrrole nitrogens is 5. The second kappa shape index (κ2) is 97.0. The van der Waals surface area contributed by atoms with Gasteiger partial charge in [-0.15, -0.1) is 59.5 Å². The van der Waals surface area contributed by atoms with E-state index in [4.69, 9.17) is 4.42 Å². The number of aromatic amines is 5. The molecule has 0 saturated carbocycles. The van der Waals surface area contributed by atoms with Gasteiger partial charge < -0.3 is 50.7 Å². The zero-order valence-electron chi connectivity index (χ0n) is 74.4. The van der Waals surface area contributed by atoms with Crippen LogP contribution in [0.4, 0.5) is 0 Å². The lowest BCUT2D eigenvalue weighted by Crippen LogP contribution is -1.73. The minimum absolute atomic E-state index is 0.956. The standard InChI is InChI=1S/C8H7N.C8H6O.C8H6S.C6H6.C5H5N.2C4H4N2.C4H5N.C4H4O.C4H4S.C3H3N3.2C3H4N2.2C3H3NO.2C3H3NS.C2H3N3.4C2H2N2O.C2H2N2S.2CHN3O/c1-2-4-8-6-9-5-7(8)3-1;2*1-2-4-8-7(3-1)5-6-9-8;2*1-2-4-6-5-3-1;1-2-6-4-3-5-1;1-2-4-6-5-3-1;3*1-2-4-5-3-1;1-4-2-6-3-5-1;1-2-5-3-4-1;1-2-4-5-3-1;1-2-5-3-4-1;1-2-4-5-3-1;1-2-5-3-4-1;2*1-2-4-5-3-1;1-3-4-2-5-1;1-3-2-5-4-1;1-2-5-4-3-1;1-2-4-5-3-1;1-3-4-2-5-1;1-2-3-4-5-1;1-2-4-5-3-1/h1-6,9H;2*1-6H;1-6H;1-5H;2*1-4H;1-5H;2*1-4H;1-3H;2*1-3H,(H,4,5);4*1-3H;1-2H,(H,3,4,5);5*1-2H;2*1H. The summed E-state index contributed by atoms with van der Waals surface area (Å²) in [5.41, 5.74) is 6.11. The number of para-hydroxylation sites is 1. The van der Waals surface area contributed by atoms with Crippen molar-refractivity contribution in [3.05, 3.63) is 512 Å². The van der Waals surface area contributed by atoms with Crippen molar-refractivity contribution in [1.82, 2.24) is 187 Å². The van der Waals surface area contributed by atoms with E-state index in [2.05, 4.69) is 276 Å². The Morgan fingerprint density at radius 3 is 1.23 bits per heavy atom. The van der Waals surface area contributed by atoms with Crippen LogP contribution in [0.25, 0.3) is 31.8 Å². The van der Waals surface area contributed by atoms with E-state index in [-0.39, 0.29) is 0 Å². The third-order valence-electron chi connectivity index (χ3n) is 12.5. The van der Waals surface area contributed by atoms with Crippen LogP contribution in [0.1, 0.15) is 0 Å². The van der Waals surface area contributed by atoms with E-state index in [9.17, 15) is 0 Å². The van der Waals surface area contributed by atoms with Crippen molar-refractivity contribution in [2.45, 2.75) is 0 Å². The molecule has 24 aromatic heterocycles. The minimum Gasteiger partial charge on any atom is -0.473 e. The summed E-state index contributed by atoms with van der Waals surface area (Å²) in [6, 6.07) is 67.1. The highest BCUT2D eigenvalue weighted by atomic mass is 32.1. The number of thiazole rings is 1. The Labute approximate surface area is 828 Å². The Morgan fingerprint density at radius 1 is 0.261 bits per heavy atom. The number of rotatable bonds is 0. The first-order valence-corrected chi connectivity index (χ1v) is 44.3. The lowest BCUT2D eigenvalue weighted by Gasteiger charge is -1.82. The topological polar surface area (TPSA) is 623 Å². The molecular weight excluding hydrogens is 1920 g/mol. The molecule has 0 aliphatic heterocycles. The largest absolute Gasteiger partial charge is 0.473 e. The van der Waals surface area contributed by atoms with Crippen molar-refractivity contribution in [2.24, 2.45) is 0 Å². The molecule has 5 N–H and O–H groups in total. The Morgan fingerprint density at radius 2 is 0.944 bits per heavy atom. The van der Waals surface area contributed by atoms with Gasteiger partial charge in [0, 0.05) is 138 Å². The van der Waals surface area contributed by atoms with E-state index in [0.717, 1.165) is 17.4 Å². The second-order valence-corrected chi connectivity index (χ2v) is 26.0. The number of benzene rings is 4. The maximum atomic E-state index is 5.12. The zero-order chi connectivity index (χ0) is 99.6. The lowest BCUT2D eigenvalue weighted by atomic mass is 10.2. The van der Waals surface area contributed by atoms with Crippen LogP contribution < -0.4 is 0 Å². The smallest absolute Gasteiger partial charge is 0.235 e. The summed E-state index contributed by atoms with van der Waals surface area (Å²) in [5.74, 6) is 0. The van der Waals surface area contributed by atoms with E-state index >= 15 is 0 Å². The van der Waals surface area contributed by atoms with Gasteiger partial charge in [-0.3, -0.25) is 25.0 Å². The predicted octanol–water partition coefficient (Wildman–Crippen LogP) is 19.1. The summed E-state index contributed by atoms with van der Waals surface area (Å²) < 4.78 is 48.6. The monoisotopic (exact) mass is 2010 g/mol. The van der Waals surface area contributed by atoms with E-state index in [0.29, 0.717) is 0 Å². The molecule has 0 unspecified atom stereocenters. The number of furan rings is 2. The average molecular weight is 2010 g/mol. The summed E-state index contributed by atoms with van der Waals surface area (Å²) >= 11 is 8.06. The number of oxazole rings is 1. The highest BCUT2D eigenvalue weighted by Crippen LogP contribution is 2.19. The Bertz CT molecular complexity index is 4730. The first kappa shape index (κ1) is 114. The van der Waals surface area contributed by atoms with Crippen molar-refractivity contribution in [1.29, 1.82) is 0 Å². The number of thiophene rings is 2. The fraction of sp³-hybridized carbons (Fsp3) is 0.